The molecule has 4 aliphatic carbocycles. The number of carbonyl (C=O) groups is 3. The normalized spacial score (nSPS) is 45.3. The second-order valence-electron chi connectivity index (χ2n) is 25.0. The van der Waals surface area contributed by atoms with Crippen molar-refractivity contribution in [1.29, 1.82) is 0 Å². The van der Waals surface area contributed by atoms with Gasteiger partial charge in [-0.15, -0.1) is 0 Å². The van der Waals surface area contributed by atoms with E-state index in [2.05, 4.69) is 0 Å². The molecule has 85 heavy (non-hydrogen) atoms. The number of ketones is 1. The van der Waals surface area contributed by atoms with Gasteiger partial charge in [0, 0.05) is 59.0 Å². The molecule has 4 saturated heterocycles. The maximum absolute atomic E-state index is 14.0. The highest BCUT2D eigenvalue weighted by Crippen LogP contribution is 2.71. The summed E-state index contributed by atoms with van der Waals surface area (Å²) >= 11 is 0. The van der Waals surface area contributed by atoms with E-state index in [1.54, 1.807) is 88.9 Å². The molecule has 22 nitrogen and oxygen atoms in total. The lowest BCUT2D eigenvalue weighted by Gasteiger charge is -2.67. The van der Waals surface area contributed by atoms with Crippen LogP contribution >= 0.6 is 0 Å². The van der Waals surface area contributed by atoms with Crippen LogP contribution in [0.15, 0.2) is 72.3 Å². The Balaban J connectivity index is 0.810. The number of esters is 2. The average Bonchev–Trinajstić information content (AvgIpc) is 1.64. The molecular weight excluding hydrogens is 1110 g/mol. The van der Waals surface area contributed by atoms with E-state index in [1.807, 2.05) is 26.8 Å². The Morgan fingerprint density at radius 2 is 1.12 bits per heavy atom. The van der Waals surface area contributed by atoms with Gasteiger partial charge in [-0.05, 0) is 111 Å². The fourth-order valence-corrected chi connectivity index (χ4v) is 15.8. The number of hydrogen-bond acceptors (Lipinski definition) is 22. The number of hydrogen-bond donors (Lipinski definition) is 5. The first kappa shape index (κ1) is 64.1. The van der Waals surface area contributed by atoms with Gasteiger partial charge in [-0.3, -0.25) is 4.79 Å². The third kappa shape index (κ3) is 11.5. The van der Waals surface area contributed by atoms with Crippen molar-refractivity contribution in [2.24, 2.45) is 16.7 Å². The number of aliphatic hydroxyl groups excluding tert-OH is 2. The van der Waals surface area contributed by atoms with Crippen molar-refractivity contribution >= 4 is 17.7 Å². The highest BCUT2D eigenvalue weighted by Gasteiger charge is 2.82. The molecule has 8 aliphatic rings. The largest absolute Gasteiger partial charge is 0.461 e. The number of Topliss-reactive ketones (excluding diaryl/α,β-unsaturated/α-hetero) is 1. The predicted octanol–water partition coefficient (Wildman–Crippen LogP) is 4.64. The summed E-state index contributed by atoms with van der Waals surface area (Å²) < 4.78 is 87.7. The van der Waals surface area contributed by atoms with Gasteiger partial charge in [0.05, 0.1) is 65.4 Å². The van der Waals surface area contributed by atoms with Gasteiger partial charge in [-0.2, -0.15) is 0 Å². The third-order valence-corrected chi connectivity index (χ3v) is 20.7. The minimum atomic E-state index is -2.16. The molecule has 0 bridgehead atoms. The molecule has 0 amide bonds. The van der Waals surface area contributed by atoms with Gasteiger partial charge >= 0.3 is 11.9 Å². The van der Waals surface area contributed by atoms with Crippen molar-refractivity contribution in [2.45, 2.75) is 239 Å². The van der Waals surface area contributed by atoms with Crippen molar-refractivity contribution in [2.75, 3.05) is 35.0 Å². The second kappa shape index (κ2) is 25.5. The first-order valence-electron chi connectivity index (χ1n) is 30.1. The van der Waals surface area contributed by atoms with Crippen LogP contribution in [0.5, 0.6) is 0 Å². The second-order valence-corrected chi connectivity index (χ2v) is 25.0. The van der Waals surface area contributed by atoms with Crippen LogP contribution < -0.4 is 0 Å². The monoisotopic (exact) mass is 1200 g/mol. The lowest BCUT2D eigenvalue weighted by molar-refractivity contribution is -0.356. The Labute approximate surface area is 496 Å². The standard InChI is InChI=1S/C63H88O22/c1-33-50(65)55(75-10)51(66)58(80-33)85-54-36(4)79-49(30-44(54)74-9)84-53-35(3)78-48(29-43(53)73-8)83-52-34(2)77-47(28-42(52)72-7)81-41-22-23-60(32-76-56(67)38-17-13-11-14-18-38)40(27-41)21-24-62(70)45(60)31-46(82-57(68)39-19-15-12-16-20-39)59(6)61(69,37(5)64)25-26-63(59,62)71/h11-21,33-36,41-55,58,65-66,69-71H,22-32H2,1-10H3/t33-,34-,35+,36-,41+,42+,43-,44+,45+,46-,47-,48+,49-,50-,51-,52-,53+,54+,55-,58+,59+,60+,61-,62+,63-/m0/s1. The molecule has 0 aromatic heterocycles. The molecule has 0 radical (unpaired) electrons. The van der Waals surface area contributed by atoms with Gasteiger partial charge < -0.3 is 91.8 Å². The van der Waals surface area contributed by atoms with E-state index in [0.29, 0.717) is 37.7 Å². The fraction of sp³-hybridized carbons (Fsp3) is 0.730. The SMILES string of the molecule is CO[C@@H]1[C@H](O)[C@@H](O[C@@H]2[C@H](C)O[C@@H](O[C@H]3[C@@H](OC)C[C@@H](O[C@H]4[C@H](C)O[C@@H](O[C@@H]5CC[C@@]6(COC(=O)c7ccccc7)C(=CC[C@@]7(O)[C@@H]6C[C@H](OC(=O)c6ccccc6)[C@@]6(C)[C@@]7(O)CC[C@]6(O)C(C)=O)C5)C[C@H]4OC)O[C@@H]3C)C[C@H]2OC)O[C@@H](C)[C@@H]1O. The number of rotatable bonds is 18. The molecule has 7 fully saturated rings. The molecule has 5 N–H and O–H groups in total. The Bertz CT molecular complexity index is 2670. The molecule has 25 atom stereocenters. The minimum Gasteiger partial charge on any atom is -0.461 e. The molecule has 472 valence electrons. The van der Waals surface area contributed by atoms with Crippen LogP contribution in [0.25, 0.3) is 0 Å². The smallest absolute Gasteiger partial charge is 0.338 e. The van der Waals surface area contributed by atoms with Crippen molar-refractivity contribution < 1.29 is 106 Å². The van der Waals surface area contributed by atoms with Crippen LogP contribution in [0.2, 0.25) is 0 Å². The summed E-state index contributed by atoms with van der Waals surface area (Å²) in [6.45, 7) is 9.86. The van der Waals surface area contributed by atoms with E-state index in [-0.39, 0.29) is 44.3 Å². The summed E-state index contributed by atoms with van der Waals surface area (Å²) in [7, 11) is 6.18. The van der Waals surface area contributed by atoms with Gasteiger partial charge in [-0.1, -0.05) is 48.0 Å². The number of carbonyl (C=O) groups excluding carboxylic acids is 3. The van der Waals surface area contributed by atoms with E-state index in [0.717, 1.165) is 5.57 Å². The molecule has 10 rings (SSSR count). The minimum absolute atomic E-state index is 0.0715. The van der Waals surface area contributed by atoms with E-state index >= 15 is 0 Å². The molecular formula is C63H88O22. The van der Waals surface area contributed by atoms with E-state index in [1.165, 1.54) is 21.0 Å². The zero-order chi connectivity index (χ0) is 61.0. The predicted molar refractivity (Wildman–Crippen MR) is 298 cm³/mol. The van der Waals surface area contributed by atoms with Gasteiger partial charge in [-0.25, -0.2) is 9.59 Å². The number of benzene rings is 2. The number of aliphatic hydroxyl groups is 5. The summed E-state index contributed by atoms with van der Waals surface area (Å²) in [5, 5.41) is 60.6. The molecule has 4 aliphatic heterocycles. The zero-order valence-corrected chi connectivity index (χ0v) is 50.4. The molecule has 0 spiro atoms. The van der Waals surface area contributed by atoms with Gasteiger partial charge in [0.1, 0.15) is 66.1 Å². The van der Waals surface area contributed by atoms with Crippen molar-refractivity contribution in [3.05, 3.63) is 83.4 Å². The molecule has 2 aromatic carbocycles. The first-order valence-corrected chi connectivity index (χ1v) is 30.1. The van der Waals surface area contributed by atoms with Crippen LogP contribution in [0.1, 0.15) is 126 Å². The molecule has 3 saturated carbocycles. The van der Waals surface area contributed by atoms with E-state index in [9.17, 15) is 39.9 Å². The number of ether oxygens (including phenoxy) is 14. The van der Waals surface area contributed by atoms with Crippen LogP contribution in [-0.2, 0) is 71.1 Å². The third-order valence-electron chi connectivity index (χ3n) is 20.7. The van der Waals surface area contributed by atoms with Gasteiger partial charge in [0.25, 0.3) is 0 Å². The average molecular weight is 1200 g/mol. The summed E-state index contributed by atoms with van der Waals surface area (Å²) in [6.07, 6.45) is -10.5. The summed E-state index contributed by atoms with van der Waals surface area (Å²) in [5.74, 6) is -2.81. The van der Waals surface area contributed by atoms with Gasteiger partial charge in [0.15, 0.2) is 30.9 Å². The van der Waals surface area contributed by atoms with Crippen LogP contribution in [0.3, 0.4) is 0 Å². The highest BCUT2D eigenvalue weighted by molar-refractivity contribution is 5.90. The summed E-state index contributed by atoms with van der Waals surface area (Å²) in [5.41, 5.74) is -7.89. The Hall–Kier alpha value is -3.89. The molecule has 22 heteroatoms. The maximum Gasteiger partial charge on any atom is 0.338 e. The fourth-order valence-electron chi connectivity index (χ4n) is 15.8. The van der Waals surface area contributed by atoms with Crippen LogP contribution in [0.4, 0.5) is 0 Å². The Morgan fingerprint density at radius 3 is 1.64 bits per heavy atom. The number of fused-ring (bicyclic) bond motifs is 5. The summed E-state index contributed by atoms with van der Waals surface area (Å²) in [6, 6.07) is 16.9. The summed E-state index contributed by atoms with van der Waals surface area (Å²) in [4.78, 5) is 41.5. The maximum atomic E-state index is 14.0. The Morgan fingerprint density at radius 1 is 0.600 bits per heavy atom. The first-order chi connectivity index (χ1) is 40.5. The molecule has 0 unspecified atom stereocenters. The van der Waals surface area contributed by atoms with Crippen molar-refractivity contribution in [1.82, 2.24) is 0 Å². The number of methoxy groups -OCH3 is 4. The van der Waals surface area contributed by atoms with Crippen molar-refractivity contribution in [3.8, 4) is 0 Å². The van der Waals surface area contributed by atoms with E-state index in [4.69, 9.17) is 66.3 Å². The molecule has 4 heterocycles. The Kier molecular flexibility index (Phi) is 19.3. The lowest BCUT2D eigenvalue weighted by Crippen LogP contribution is -2.78. The lowest BCUT2D eigenvalue weighted by atomic mass is 9.42. The van der Waals surface area contributed by atoms with Crippen LogP contribution in [0, 0.1) is 16.7 Å². The highest BCUT2D eigenvalue weighted by atomic mass is 16.8. The van der Waals surface area contributed by atoms with Crippen LogP contribution in [-0.4, -0.2) is 212 Å². The van der Waals surface area contributed by atoms with Gasteiger partial charge in [0.2, 0.25) is 0 Å². The molecule has 2 aromatic rings. The quantitative estimate of drug-likeness (QED) is 0.100. The van der Waals surface area contributed by atoms with Crippen molar-refractivity contribution in [3.63, 3.8) is 0 Å². The zero-order valence-electron chi connectivity index (χ0n) is 50.4. The topological polar surface area (TPSA) is 282 Å². The van der Waals surface area contributed by atoms with E-state index < -0.39 is 168 Å².